The average molecular weight is 267 g/mol. The van der Waals surface area contributed by atoms with E-state index in [1.807, 2.05) is 0 Å². The summed E-state index contributed by atoms with van der Waals surface area (Å²) in [7, 11) is 6.74. The zero-order valence-corrected chi connectivity index (χ0v) is 13.4. The normalized spacial score (nSPS) is 34.9. The molecular formula is C16H33N3. The molecule has 1 N–H and O–H groups in total. The lowest BCUT2D eigenvalue weighted by atomic mass is 9.82. The molecule has 2 fully saturated rings. The summed E-state index contributed by atoms with van der Waals surface area (Å²) in [6.07, 6.45) is 6.87. The van der Waals surface area contributed by atoms with Crippen molar-refractivity contribution in [3.05, 3.63) is 0 Å². The Labute approximate surface area is 119 Å². The van der Waals surface area contributed by atoms with Crippen LogP contribution >= 0.6 is 0 Å². The van der Waals surface area contributed by atoms with Gasteiger partial charge in [0.15, 0.2) is 0 Å². The number of piperidine rings is 1. The van der Waals surface area contributed by atoms with Crippen molar-refractivity contribution in [1.82, 2.24) is 15.1 Å². The van der Waals surface area contributed by atoms with Gasteiger partial charge in [-0.3, -0.25) is 0 Å². The quantitative estimate of drug-likeness (QED) is 0.841. The summed E-state index contributed by atoms with van der Waals surface area (Å²) < 4.78 is 0. The summed E-state index contributed by atoms with van der Waals surface area (Å²) in [6.45, 7) is 6.29. The second-order valence-corrected chi connectivity index (χ2v) is 7.07. The zero-order valence-electron chi connectivity index (χ0n) is 13.4. The van der Waals surface area contributed by atoms with E-state index in [1.54, 1.807) is 0 Å². The van der Waals surface area contributed by atoms with E-state index in [-0.39, 0.29) is 0 Å². The van der Waals surface area contributed by atoms with Crippen LogP contribution in [0.3, 0.4) is 0 Å². The predicted molar refractivity (Wildman–Crippen MR) is 82.5 cm³/mol. The molecule has 19 heavy (non-hydrogen) atoms. The SMILES string of the molecule is CNC1CCC(C)CC1N(C)CC1CCN(C)CC1. The summed E-state index contributed by atoms with van der Waals surface area (Å²) in [5.41, 5.74) is 0. The number of hydrogen-bond acceptors (Lipinski definition) is 3. The van der Waals surface area contributed by atoms with Gasteiger partial charge in [0, 0.05) is 18.6 Å². The van der Waals surface area contributed by atoms with Crippen LogP contribution in [-0.4, -0.2) is 62.7 Å². The molecular weight excluding hydrogens is 234 g/mol. The maximum absolute atomic E-state index is 3.55. The smallest absolute Gasteiger partial charge is 0.0248 e. The topological polar surface area (TPSA) is 18.5 Å². The minimum atomic E-state index is 0.701. The van der Waals surface area contributed by atoms with E-state index >= 15 is 0 Å². The molecule has 3 heteroatoms. The fourth-order valence-corrected chi connectivity index (χ4v) is 3.96. The van der Waals surface area contributed by atoms with Crippen LogP contribution in [0.2, 0.25) is 0 Å². The summed E-state index contributed by atoms with van der Waals surface area (Å²) >= 11 is 0. The Morgan fingerprint density at radius 2 is 1.84 bits per heavy atom. The lowest BCUT2D eigenvalue weighted by molar-refractivity contribution is 0.0952. The average Bonchev–Trinajstić information content (AvgIpc) is 2.41. The molecule has 0 aromatic rings. The molecule has 112 valence electrons. The third-order valence-corrected chi connectivity index (χ3v) is 5.40. The fourth-order valence-electron chi connectivity index (χ4n) is 3.96. The maximum Gasteiger partial charge on any atom is 0.0248 e. The van der Waals surface area contributed by atoms with Gasteiger partial charge < -0.3 is 15.1 Å². The first kappa shape index (κ1) is 15.3. The third-order valence-electron chi connectivity index (χ3n) is 5.40. The Bertz CT molecular complexity index is 261. The minimum absolute atomic E-state index is 0.701. The van der Waals surface area contributed by atoms with Crippen LogP contribution in [0, 0.1) is 11.8 Å². The summed E-state index contributed by atoms with van der Waals surface area (Å²) in [6, 6.07) is 1.45. The molecule has 3 nitrogen and oxygen atoms in total. The Kier molecular flexibility index (Phi) is 5.67. The van der Waals surface area contributed by atoms with Crippen LogP contribution in [0.5, 0.6) is 0 Å². The molecule has 3 atom stereocenters. The fraction of sp³-hybridized carbons (Fsp3) is 1.00. The van der Waals surface area contributed by atoms with Crippen LogP contribution < -0.4 is 5.32 Å². The lowest BCUT2D eigenvalue weighted by Crippen LogP contribution is -2.52. The first-order valence-corrected chi connectivity index (χ1v) is 8.16. The second-order valence-electron chi connectivity index (χ2n) is 7.07. The summed E-state index contributed by atoms with van der Waals surface area (Å²) in [5.74, 6) is 1.81. The van der Waals surface area contributed by atoms with Gasteiger partial charge >= 0.3 is 0 Å². The molecule has 3 unspecified atom stereocenters. The number of likely N-dealkylation sites (N-methyl/N-ethyl adjacent to an activating group) is 2. The zero-order chi connectivity index (χ0) is 13.8. The predicted octanol–water partition coefficient (Wildman–Crippen LogP) is 2.04. The van der Waals surface area contributed by atoms with Crippen LogP contribution in [0.4, 0.5) is 0 Å². The monoisotopic (exact) mass is 267 g/mol. The molecule has 1 saturated heterocycles. The van der Waals surface area contributed by atoms with E-state index in [4.69, 9.17) is 0 Å². The van der Waals surface area contributed by atoms with E-state index in [1.165, 1.54) is 51.7 Å². The van der Waals surface area contributed by atoms with E-state index in [0.29, 0.717) is 6.04 Å². The number of hydrogen-bond donors (Lipinski definition) is 1. The van der Waals surface area contributed by atoms with Gasteiger partial charge in [-0.2, -0.15) is 0 Å². The van der Waals surface area contributed by atoms with Crippen LogP contribution in [-0.2, 0) is 0 Å². The van der Waals surface area contributed by atoms with Crippen LogP contribution in [0.15, 0.2) is 0 Å². The maximum atomic E-state index is 3.55. The molecule has 1 saturated carbocycles. The van der Waals surface area contributed by atoms with Gasteiger partial charge in [-0.1, -0.05) is 6.92 Å². The van der Waals surface area contributed by atoms with E-state index < -0.39 is 0 Å². The molecule has 0 spiro atoms. The van der Waals surface area contributed by atoms with Crippen molar-refractivity contribution in [3.63, 3.8) is 0 Å². The number of nitrogens with zero attached hydrogens (tertiary/aromatic N) is 2. The minimum Gasteiger partial charge on any atom is -0.315 e. The molecule has 0 amide bonds. The molecule has 1 aliphatic heterocycles. The Balaban J connectivity index is 1.84. The summed E-state index contributed by atoms with van der Waals surface area (Å²) in [4.78, 5) is 5.13. The molecule has 0 aromatic carbocycles. The number of rotatable bonds is 4. The lowest BCUT2D eigenvalue weighted by Gasteiger charge is -2.42. The van der Waals surface area contributed by atoms with E-state index in [9.17, 15) is 0 Å². The van der Waals surface area contributed by atoms with E-state index in [2.05, 4.69) is 43.2 Å². The summed E-state index contributed by atoms with van der Waals surface area (Å²) in [5, 5.41) is 3.55. The first-order valence-electron chi connectivity index (χ1n) is 8.16. The van der Waals surface area contributed by atoms with Crippen LogP contribution in [0.1, 0.15) is 39.0 Å². The van der Waals surface area contributed by atoms with Gasteiger partial charge in [0.1, 0.15) is 0 Å². The molecule has 0 radical (unpaired) electrons. The van der Waals surface area contributed by atoms with Crippen molar-refractivity contribution in [1.29, 1.82) is 0 Å². The third kappa shape index (κ3) is 4.17. The second kappa shape index (κ2) is 7.05. The molecule has 2 rings (SSSR count). The molecule has 1 heterocycles. The highest BCUT2D eigenvalue weighted by molar-refractivity contribution is 4.89. The molecule has 2 aliphatic rings. The highest BCUT2D eigenvalue weighted by Gasteiger charge is 2.31. The number of nitrogens with one attached hydrogen (secondary N) is 1. The molecule has 0 bridgehead atoms. The Hall–Kier alpha value is -0.120. The van der Waals surface area contributed by atoms with Crippen molar-refractivity contribution in [2.45, 2.75) is 51.1 Å². The molecule has 1 aliphatic carbocycles. The van der Waals surface area contributed by atoms with Crippen LogP contribution in [0.25, 0.3) is 0 Å². The number of likely N-dealkylation sites (tertiary alicyclic amines) is 1. The Morgan fingerprint density at radius 3 is 2.47 bits per heavy atom. The van der Waals surface area contributed by atoms with Crippen molar-refractivity contribution in [3.8, 4) is 0 Å². The van der Waals surface area contributed by atoms with Crippen molar-refractivity contribution < 1.29 is 0 Å². The van der Waals surface area contributed by atoms with Gasteiger partial charge in [-0.05, 0) is 78.2 Å². The van der Waals surface area contributed by atoms with Gasteiger partial charge in [0.2, 0.25) is 0 Å². The van der Waals surface area contributed by atoms with Crippen molar-refractivity contribution in [2.24, 2.45) is 11.8 Å². The van der Waals surface area contributed by atoms with Gasteiger partial charge in [0.05, 0.1) is 0 Å². The molecule has 0 aromatic heterocycles. The Morgan fingerprint density at radius 1 is 1.16 bits per heavy atom. The van der Waals surface area contributed by atoms with Gasteiger partial charge in [0.25, 0.3) is 0 Å². The van der Waals surface area contributed by atoms with Gasteiger partial charge in [-0.15, -0.1) is 0 Å². The van der Waals surface area contributed by atoms with Crippen molar-refractivity contribution in [2.75, 3.05) is 40.8 Å². The highest BCUT2D eigenvalue weighted by Crippen LogP contribution is 2.28. The first-order chi connectivity index (χ1) is 9.10. The van der Waals surface area contributed by atoms with Crippen molar-refractivity contribution >= 4 is 0 Å². The van der Waals surface area contributed by atoms with Gasteiger partial charge in [-0.25, -0.2) is 0 Å². The highest BCUT2D eigenvalue weighted by atomic mass is 15.2. The van der Waals surface area contributed by atoms with E-state index in [0.717, 1.165) is 17.9 Å². The standard InChI is InChI=1S/C16H33N3/c1-13-5-6-15(17-2)16(11-13)19(4)12-14-7-9-18(3)10-8-14/h13-17H,5-12H2,1-4H3. The largest absolute Gasteiger partial charge is 0.315 e.